The van der Waals surface area contributed by atoms with E-state index >= 15 is 0 Å². The Morgan fingerprint density at radius 2 is 1.72 bits per heavy atom. The number of aliphatic hydroxyl groups is 1. The molecule has 0 atom stereocenters. The highest BCUT2D eigenvalue weighted by molar-refractivity contribution is 6.04. The van der Waals surface area contributed by atoms with Crippen molar-refractivity contribution in [2.75, 3.05) is 30.3 Å². The molecule has 3 N–H and O–H groups in total. The SMILES string of the molecule is CCCN(CCO)C(=O)Nc1ccc(NC(=O)c2ccccc2)cc1C(F)(F)F. The summed E-state index contributed by atoms with van der Waals surface area (Å²) in [5.74, 6) is -0.549. The van der Waals surface area contributed by atoms with Crippen molar-refractivity contribution in [2.45, 2.75) is 19.5 Å². The molecule has 0 spiro atoms. The molecule has 0 aliphatic heterocycles. The number of hydrogen-bond donors (Lipinski definition) is 3. The number of nitrogens with one attached hydrogen (secondary N) is 2. The van der Waals surface area contributed by atoms with Crippen LogP contribution in [0.5, 0.6) is 0 Å². The molecule has 29 heavy (non-hydrogen) atoms. The normalized spacial score (nSPS) is 11.1. The van der Waals surface area contributed by atoms with Gasteiger partial charge >= 0.3 is 12.2 Å². The second kappa shape index (κ2) is 9.92. The molecule has 3 amide bonds. The third kappa shape index (κ3) is 6.21. The maximum absolute atomic E-state index is 13.5. The lowest BCUT2D eigenvalue weighted by Gasteiger charge is -2.23. The van der Waals surface area contributed by atoms with Crippen molar-refractivity contribution in [3.05, 3.63) is 59.7 Å². The van der Waals surface area contributed by atoms with Gasteiger partial charge in [0, 0.05) is 24.3 Å². The summed E-state index contributed by atoms with van der Waals surface area (Å²) in [4.78, 5) is 25.7. The average molecular weight is 409 g/mol. The first-order chi connectivity index (χ1) is 13.8. The highest BCUT2D eigenvalue weighted by atomic mass is 19.4. The van der Waals surface area contributed by atoms with E-state index in [1.165, 1.54) is 23.1 Å². The van der Waals surface area contributed by atoms with E-state index in [0.29, 0.717) is 18.5 Å². The largest absolute Gasteiger partial charge is 0.418 e. The Morgan fingerprint density at radius 1 is 1.03 bits per heavy atom. The van der Waals surface area contributed by atoms with Gasteiger partial charge in [-0.2, -0.15) is 13.2 Å². The van der Waals surface area contributed by atoms with E-state index in [2.05, 4.69) is 10.6 Å². The molecule has 0 saturated carbocycles. The lowest BCUT2D eigenvalue weighted by atomic mass is 10.1. The van der Waals surface area contributed by atoms with E-state index in [4.69, 9.17) is 5.11 Å². The molecule has 9 heteroatoms. The third-order valence-corrected chi connectivity index (χ3v) is 4.01. The van der Waals surface area contributed by atoms with Crippen LogP contribution in [0.25, 0.3) is 0 Å². The maximum atomic E-state index is 13.5. The molecule has 2 rings (SSSR count). The van der Waals surface area contributed by atoms with E-state index in [1.54, 1.807) is 18.2 Å². The maximum Gasteiger partial charge on any atom is 0.418 e. The monoisotopic (exact) mass is 409 g/mol. The van der Waals surface area contributed by atoms with E-state index in [-0.39, 0.29) is 18.8 Å². The number of carbonyl (C=O) groups excluding carboxylic acids is 2. The fourth-order valence-corrected chi connectivity index (χ4v) is 2.66. The molecule has 0 heterocycles. The lowest BCUT2D eigenvalue weighted by Crippen LogP contribution is -2.38. The summed E-state index contributed by atoms with van der Waals surface area (Å²) in [7, 11) is 0. The van der Waals surface area contributed by atoms with Crippen LogP contribution in [0.4, 0.5) is 29.3 Å². The second-order valence-corrected chi connectivity index (χ2v) is 6.22. The van der Waals surface area contributed by atoms with Crippen molar-refractivity contribution < 1.29 is 27.9 Å². The van der Waals surface area contributed by atoms with Gasteiger partial charge < -0.3 is 20.6 Å². The van der Waals surface area contributed by atoms with Gasteiger partial charge in [0.25, 0.3) is 5.91 Å². The highest BCUT2D eigenvalue weighted by Crippen LogP contribution is 2.36. The van der Waals surface area contributed by atoms with Crippen molar-refractivity contribution >= 4 is 23.3 Å². The summed E-state index contributed by atoms with van der Waals surface area (Å²) in [6, 6.07) is 10.5. The average Bonchev–Trinajstić information content (AvgIpc) is 2.68. The van der Waals surface area contributed by atoms with Crippen molar-refractivity contribution in [2.24, 2.45) is 0 Å². The molecule has 6 nitrogen and oxygen atoms in total. The zero-order valence-corrected chi connectivity index (χ0v) is 15.8. The van der Waals surface area contributed by atoms with Gasteiger partial charge in [-0.15, -0.1) is 0 Å². The van der Waals surface area contributed by atoms with Crippen LogP contribution in [0, 0.1) is 0 Å². The third-order valence-electron chi connectivity index (χ3n) is 4.01. The van der Waals surface area contributed by atoms with Gasteiger partial charge in [0.2, 0.25) is 0 Å². The fourth-order valence-electron chi connectivity index (χ4n) is 2.66. The fraction of sp³-hybridized carbons (Fsp3) is 0.300. The Bertz CT molecular complexity index is 836. The molecule has 0 aliphatic rings. The number of carbonyl (C=O) groups is 2. The van der Waals surface area contributed by atoms with Gasteiger partial charge in [-0.1, -0.05) is 25.1 Å². The molecule has 0 aromatic heterocycles. The number of benzene rings is 2. The van der Waals surface area contributed by atoms with Crippen LogP contribution in [0.3, 0.4) is 0 Å². The van der Waals surface area contributed by atoms with Crippen molar-refractivity contribution in [1.82, 2.24) is 4.90 Å². The number of alkyl halides is 3. The van der Waals surface area contributed by atoms with E-state index in [0.717, 1.165) is 12.1 Å². The van der Waals surface area contributed by atoms with E-state index in [9.17, 15) is 22.8 Å². The Hall–Kier alpha value is -3.07. The van der Waals surface area contributed by atoms with Crippen molar-refractivity contribution in [3.8, 4) is 0 Å². The van der Waals surface area contributed by atoms with Crippen LogP contribution in [-0.2, 0) is 6.18 Å². The van der Waals surface area contributed by atoms with Crippen LogP contribution >= 0.6 is 0 Å². The zero-order chi connectivity index (χ0) is 21.4. The van der Waals surface area contributed by atoms with Gasteiger partial charge in [0.15, 0.2) is 0 Å². The van der Waals surface area contributed by atoms with Gasteiger partial charge in [-0.25, -0.2) is 4.79 Å². The quantitative estimate of drug-likeness (QED) is 0.641. The second-order valence-electron chi connectivity index (χ2n) is 6.22. The van der Waals surface area contributed by atoms with Crippen LogP contribution in [0.2, 0.25) is 0 Å². The van der Waals surface area contributed by atoms with Gasteiger partial charge in [-0.05, 0) is 36.8 Å². The standard InChI is InChI=1S/C20H22F3N3O3/c1-2-10-26(11-12-27)19(29)25-17-9-8-15(13-16(17)20(21,22)23)24-18(28)14-6-4-3-5-7-14/h3-9,13,27H,2,10-12H2,1H3,(H,24,28)(H,25,29). The first kappa shape index (κ1) is 22.2. The molecule has 0 fully saturated rings. The molecular formula is C20H22F3N3O3. The summed E-state index contributed by atoms with van der Waals surface area (Å²) in [6.07, 6.45) is -4.16. The number of amides is 3. The number of urea groups is 1. The smallest absolute Gasteiger partial charge is 0.395 e. The predicted octanol–water partition coefficient (Wildman–Crippen LogP) is 4.19. The van der Waals surface area contributed by atoms with Crippen LogP contribution in [0.1, 0.15) is 29.3 Å². The topological polar surface area (TPSA) is 81.7 Å². The minimum atomic E-state index is -4.75. The summed E-state index contributed by atoms with van der Waals surface area (Å²) in [5.41, 5.74) is -1.26. The van der Waals surface area contributed by atoms with Gasteiger partial charge in [-0.3, -0.25) is 4.79 Å². The number of aliphatic hydroxyl groups excluding tert-OH is 1. The van der Waals surface area contributed by atoms with Crippen molar-refractivity contribution in [1.29, 1.82) is 0 Å². The Morgan fingerprint density at radius 3 is 2.31 bits per heavy atom. The molecule has 2 aromatic rings. The van der Waals surface area contributed by atoms with Crippen LogP contribution in [0.15, 0.2) is 48.5 Å². The number of hydrogen-bond acceptors (Lipinski definition) is 3. The lowest BCUT2D eigenvalue weighted by molar-refractivity contribution is -0.136. The summed E-state index contributed by atoms with van der Waals surface area (Å²) in [5, 5.41) is 13.7. The molecule has 0 saturated heterocycles. The minimum absolute atomic E-state index is 0.00619. The molecular weight excluding hydrogens is 387 g/mol. The number of halogens is 3. The minimum Gasteiger partial charge on any atom is -0.395 e. The Labute approximate surface area is 166 Å². The highest BCUT2D eigenvalue weighted by Gasteiger charge is 2.34. The van der Waals surface area contributed by atoms with Crippen molar-refractivity contribution in [3.63, 3.8) is 0 Å². The first-order valence-corrected chi connectivity index (χ1v) is 9.00. The number of nitrogens with zero attached hydrogens (tertiary/aromatic N) is 1. The summed E-state index contributed by atoms with van der Waals surface area (Å²) < 4.78 is 40.6. The number of anilines is 2. The summed E-state index contributed by atoms with van der Waals surface area (Å²) >= 11 is 0. The predicted molar refractivity (Wildman–Crippen MR) is 104 cm³/mol. The van der Waals surface area contributed by atoms with Gasteiger partial charge in [0.1, 0.15) is 0 Å². The first-order valence-electron chi connectivity index (χ1n) is 9.00. The molecule has 0 aliphatic carbocycles. The molecule has 0 radical (unpaired) electrons. The molecule has 156 valence electrons. The van der Waals surface area contributed by atoms with Gasteiger partial charge in [0.05, 0.1) is 17.9 Å². The van der Waals surface area contributed by atoms with E-state index < -0.39 is 29.4 Å². The Balaban J connectivity index is 2.25. The van der Waals surface area contributed by atoms with E-state index in [1.807, 2.05) is 6.92 Å². The number of rotatable bonds is 7. The van der Waals surface area contributed by atoms with Crippen LogP contribution < -0.4 is 10.6 Å². The zero-order valence-electron chi connectivity index (χ0n) is 15.8. The molecule has 0 bridgehead atoms. The Kier molecular flexibility index (Phi) is 7.60. The summed E-state index contributed by atoms with van der Waals surface area (Å²) in [6.45, 7) is 1.80. The van der Waals surface area contributed by atoms with Crippen LogP contribution in [-0.4, -0.2) is 41.6 Å². The molecule has 2 aromatic carbocycles. The molecule has 0 unspecified atom stereocenters.